The number of H-pyrrole nitrogens is 1. The van der Waals surface area contributed by atoms with E-state index >= 15 is 4.39 Å². The molecule has 12 heteroatoms. The number of nitrogens with one attached hydrogen (secondary N) is 3. The van der Waals surface area contributed by atoms with Gasteiger partial charge in [-0.25, -0.2) is 18.8 Å². The van der Waals surface area contributed by atoms with Gasteiger partial charge in [-0.05, 0) is 55.4 Å². The minimum Gasteiger partial charge on any atom is -0.494 e. The first-order valence-electron chi connectivity index (χ1n) is 16.0. The van der Waals surface area contributed by atoms with Gasteiger partial charge in [0.2, 0.25) is 5.90 Å². The Morgan fingerprint density at radius 1 is 1.10 bits per heavy atom. The average molecular weight is 657 g/mol. The van der Waals surface area contributed by atoms with Crippen molar-refractivity contribution < 1.29 is 23.0 Å². The second-order valence-electron chi connectivity index (χ2n) is 11.4. The van der Waals surface area contributed by atoms with E-state index in [2.05, 4.69) is 44.3 Å². The molecule has 0 fully saturated rings. The maximum Gasteiger partial charge on any atom is 0.205 e. The lowest BCUT2D eigenvalue weighted by atomic mass is 9.93. The standard InChI is InChI=1S/C36H38F2N6O4/c1-4-44(5-2)15-6-16-47-32-18-25-29(19-31(32)46-3)41-21-42-36(25)48-30-12-11-24(17-27(30)38)43-35-33-28(13-14-39-35)40-20-26(34(33)45)22-7-9-23(37)10-8-22/h7-14,17,19-21,25,35,39,43H,4-6,15-16,18H2,1-3H3,(H,40,45). The van der Waals surface area contributed by atoms with Crippen LogP contribution in [-0.2, 0) is 9.47 Å². The van der Waals surface area contributed by atoms with Crippen LogP contribution in [0.3, 0.4) is 0 Å². The summed E-state index contributed by atoms with van der Waals surface area (Å²) in [7, 11) is 1.59. The van der Waals surface area contributed by atoms with E-state index in [1.807, 2.05) is 0 Å². The predicted molar refractivity (Wildman–Crippen MR) is 183 cm³/mol. The fourth-order valence-corrected chi connectivity index (χ4v) is 5.92. The number of aromatic nitrogens is 1. The van der Waals surface area contributed by atoms with Crippen molar-refractivity contribution >= 4 is 24.0 Å². The number of benzene rings is 2. The topological polar surface area (TPSA) is 113 Å². The van der Waals surface area contributed by atoms with Crippen molar-refractivity contribution in [2.45, 2.75) is 32.9 Å². The summed E-state index contributed by atoms with van der Waals surface area (Å²) in [5, 5.41) is 6.33. The number of pyridine rings is 1. The number of nitrogens with zero attached hydrogens (tertiary/aromatic N) is 3. The second kappa shape index (κ2) is 14.7. The molecule has 1 aliphatic carbocycles. The number of hydrogen-bond acceptors (Lipinski definition) is 9. The Morgan fingerprint density at radius 2 is 1.92 bits per heavy atom. The van der Waals surface area contributed by atoms with E-state index in [9.17, 15) is 9.18 Å². The zero-order valence-corrected chi connectivity index (χ0v) is 27.1. The van der Waals surface area contributed by atoms with Crippen LogP contribution < -0.4 is 20.8 Å². The number of aliphatic imine (C=N–C) groups is 2. The molecule has 3 aliphatic rings. The number of hydrogen-bond donors (Lipinski definition) is 3. The number of allylic oxidation sites excluding steroid dienone is 2. The zero-order chi connectivity index (χ0) is 33.6. The molecule has 0 spiro atoms. The van der Waals surface area contributed by atoms with Crippen LogP contribution in [0.15, 0.2) is 92.9 Å². The third kappa shape index (κ3) is 7.03. The summed E-state index contributed by atoms with van der Waals surface area (Å²) < 4.78 is 46.8. The van der Waals surface area contributed by atoms with E-state index < -0.39 is 17.8 Å². The van der Waals surface area contributed by atoms with Crippen LogP contribution in [0.4, 0.5) is 14.5 Å². The van der Waals surface area contributed by atoms with Gasteiger partial charge in [0.25, 0.3) is 0 Å². The monoisotopic (exact) mass is 656 g/mol. The number of rotatable bonds is 12. The van der Waals surface area contributed by atoms with Crippen molar-refractivity contribution in [1.82, 2.24) is 15.2 Å². The van der Waals surface area contributed by atoms with Crippen LogP contribution in [0.1, 0.15) is 44.1 Å². The highest BCUT2D eigenvalue weighted by molar-refractivity contribution is 5.93. The van der Waals surface area contributed by atoms with Gasteiger partial charge in [0.15, 0.2) is 22.8 Å². The van der Waals surface area contributed by atoms with Gasteiger partial charge in [0.05, 0.1) is 36.6 Å². The van der Waals surface area contributed by atoms with Gasteiger partial charge in [0.1, 0.15) is 24.1 Å². The van der Waals surface area contributed by atoms with Crippen molar-refractivity contribution in [3.05, 3.63) is 111 Å². The molecule has 48 heavy (non-hydrogen) atoms. The number of methoxy groups -OCH3 is 1. The minimum absolute atomic E-state index is 0.00879. The number of aromatic amines is 1. The molecule has 1 aromatic heterocycles. The molecule has 2 aromatic carbocycles. The van der Waals surface area contributed by atoms with Crippen LogP contribution in [0, 0.1) is 17.6 Å². The summed E-state index contributed by atoms with van der Waals surface area (Å²) >= 11 is 0. The number of ether oxygens (including phenoxy) is 3. The van der Waals surface area contributed by atoms with E-state index in [-0.39, 0.29) is 17.1 Å². The van der Waals surface area contributed by atoms with E-state index in [1.165, 1.54) is 30.6 Å². The first-order chi connectivity index (χ1) is 23.4. The number of anilines is 1. The normalized spacial score (nSPS) is 18.0. The molecule has 0 bridgehead atoms. The second-order valence-corrected chi connectivity index (χ2v) is 11.4. The fourth-order valence-electron chi connectivity index (χ4n) is 5.92. The van der Waals surface area contributed by atoms with Crippen LogP contribution in [0.25, 0.3) is 17.2 Å². The average Bonchev–Trinajstić information content (AvgIpc) is 3.10. The highest BCUT2D eigenvalue weighted by Crippen LogP contribution is 2.35. The summed E-state index contributed by atoms with van der Waals surface area (Å²) in [5.41, 5.74) is 2.86. The van der Waals surface area contributed by atoms with Gasteiger partial charge in [0, 0.05) is 48.8 Å². The molecule has 0 radical (unpaired) electrons. The van der Waals surface area contributed by atoms with E-state index in [0.717, 1.165) is 26.1 Å². The summed E-state index contributed by atoms with van der Waals surface area (Å²) in [6, 6.07) is 10.2. The number of halogens is 2. The zero-order valence-electron chi connectivity index (χ0n) is 27.1. The maximum absolute atomic E-state index is 15.5. The minimum atomic E-state index is -0.665. The lowest BCUT2D eigenvalue weighted by Crippen LogP contribution is -2.33. The Bertz CT molecular complexity index is 1860. The molecule has 250 valence electrons. The molecule has 0 saturated heterocycles. The summed E-state index contributed by atoms with van der Waals surface area (Å²) in [5.74, 6) is 0.174. The summed E-state index contributed by atoms with van der Waals surface area (Å²) in [6.45, 7) is 7.72. The number of fused-ring (bicyclic) bond motifs is 2. The van der Waals surface area contributed by atoms with E-state index in [4.69, 9.17) is 14.2 Å². The molecule has 2 aliphatic heterocycles. The first kappa shape index (κ1) is 32.7. The molecular formula is C36H38F2N6O4. The summed E-state index contributed by atoms with van der Waals surface area (Å²) in [4.78, 5) is 27.8. The Balaban J connectivity index is 1.15. The maximum atomic E-state index is 15.5. The molecule has 6 rings (SSSR count). The third-order valence-corrected chi connectivity index (χ3v) is 8.57. The summed E-state index contributed by atoms with van der Waals surface area (Å²) in [6.07, 6.45) is 8.85. The molecule has 0 saturated carbocycles. The largest absolute Gasteiger partial charge is 0.494 e. The van der Waals surface area contributed by atoms with Crippen molar-refractivity contribution in [3.8, 4) is 16.9 Å². The van der Waals surface area contributed by atoms with Crippen LogP contribution in [0.2, 0.25) is 0 Å². The van der Waals surface area contributed by atoms with E-state index in [1.54, 1.807) is 49.9 Å². The van der Waals surface area contributed by atoms with Crippen molar-refractivity contribution in [3.63, 3.8) is 0 Å². The molecule has 10 nitrogen and oxygen atoms in total. The molecule has 3 heterocycles. The highest BCUT2D eigenvalue weighted by Gasteiger charge is 2.33. The smallest absolute Gasteiger partial charge is 0.205 e. The Labute approximate surface area is 277 Å². The van der Waals surface area contributed by atoms with Gasteiger partial charge in [-0.2, -0.15) is 0 Å². The van der Waals surface area contributed by atoms with Gasteiger partial charge in [-0.1, -0.05) is 26.0 Å². The Morgan fingerprint density at radius 3 is 2.67 bits per heavy atom. The molecule has 3 aromatic rings. The van der Waals surface area contributed by atoms with Crippen molar-refractivity contribution in [2.75, 3.05) is 38.7 Å². The lowest BCUT2D eigenvalue weighted by molar-refractivity contribution is 0.152. The van der Waals surface area contributed by atoms with Gasteiger partial charge in [-0.3, -0.25) is 4.79 Å². The van der Waals surface area contributed by atoms with Gasteiger partial charge < -0.3 is 34.7 Å². The van der Waals surface area contributed by atoms with Gasteiger partial charge in [-0.15, -0.1) is 0 Å². The quantitative estimate of drug-likeness (QED) is 0.195. The fraction of sp³-hybridized carbons (Fsp3) is 0.306. The predicted octanol–water partition coefficient (Wildman–Crippen LogP) is 6.33. The Hall–Kier alpha value is -5.23. The molecule has 2 atom stereocenters. The molecular weight excluding hydrogens is 618 g/mol. The van der Waals surface area contributed by atoms with E-state index in [0.29, 0.717) is 64.2 Å². The lowest BCUT2D eigenvalue weighted by Gasteiger charge is -2.28. The van der Waals surface area contributed by atoms with Gasteiger partial charge >= 0.3 is 0 Å². The van der Waals surface area contributed by atoms with Crippen LogP contribution in [-0.4, -0.2) is 55.5 Å². The van der Waals surface area contributed by atoms with Crippen LogP contribution in [0.5, 0.6) is 5.75 Å². The molecule has 3 N–H and O–H groups in total. The SMILES string of the molecule is CCN(CC)CCCOC1=C(OC)C=C2N=CN=C(Oc3ccc(NC4NC=Cc5[nH]cc(-c6ccc(F)cc6)c(=O)c54)cc3F)C2C1. The molecule has 2 unspecified atom stereocenters. The van der Waals surface area contributed by atoms with Crippen molar-refractivity contribution in [2.24, 2.45) is 15.9 Å². The van der Waals surface area contributed by atoms with Crippen molar-refractivity contribution in [1.29, 1.82) is 0 Å². The third-order valence-electron chi connectivity index (χ3n) is 8.57. The molecule has 0 amide bonds. The highest BCUT2D eigenvalue weighted by atomic mass is 19.1. The Kier molecular flexibility index (Phi) is 10.0. The van der Waals surface area contributed by atoms with Crippen LogP contribution >= 0.6 is 0 Å². The first-order valence-corrected chi connectivity index (χ1v) is 16.0.